The van der Waals surface area contributed by atoms with Crippen LogP contribution in [-0.4, -0.2) is 58.1 Å². The standard InChI is InChI=1S/C22H30F2N4O4/c1-13(29)26-14(9-10-23)12-30-15-3-5-17(6-4-15)32-22-27-18-11-25-21(31-16-7-8-16)19(24)20(18)28(22)2/h11,14-17H,3-10,12H2,1-2H3,(H,26,29)/t14-,15-,17-/m0/s1. The van der Waals surface area contributed by atoms with Crippen molar-refractivity contribution in [2.24, 2.45) is 7.05 Å². The highest BCUT2D eigenvalue weighted by atomic mass is 19.1. The van der Waals surface area contributed by atoms with Crippen molar-refractivity contribution >= 4 is 16.9 Å². The Hall–Kier alpha value is -2.49. The van der Waals surface area contributed by atoms with Crippen LogP contribution < -0.4 is 14.8 Å². The van der Waals surface area contributed by atoms with Gasteiger partial charge in [0, 0.05) is 14.0 Å². The molecule has 0 unspecified atom stereocenters. The predicted octanol–water partition coefficient (Wildman–Crippen LogP) is 3.22. The van der Waals surface area contributed by atoms with Crippen molar-refractivity contribution < 1.29 is 27.8 Å². The minimum Gasteiger partial charge on any atom is -0.472 e. The van der Waals surface area contributed by atoms with Crippen molar-refractivity contribution in [2.45, 2.75) is 76.2 Å². The first-order valence-electron chi connectivity index (χ1n) is 11.2. The molecule has 2 aliphatic carbocycles. The van der Waals surface area contributed by atoms with E-state index in [0.717, 1.165) is 38.5 Å². The largest absolute Gasteiger partial charge is 0.472 e. The molecule has 2 aromatic rings. The third kappa shape index (κ3) is 5.46. The lowest BCUT2D eigenvalue weighted by Gasteiger charge is -2.29. The van der Waals surface area contributed by atoms with Crippen molar-refractivity contribution in [3.63, 3.8) is 0 Å². The Kier molecular flexibility index (Phi) is 7.07. The Labute approximate surface area is 185 Å². The number of carbonyl (C=O) groups is 1. The van der Waals surface area contributed by atoms with Crippen LogP contribution >= 0.6 is 0 Å². The number of aromatic nitrogens is 3. The lowest BCUT2D eigenvalue weighted by atomic mass is 9.95. The van der Waals surface area contributed by atoms with Gasteiger partial charge in [-0.25, -0.2) is 4.98 Å². The van der Waals surface area contributed by atoms with E-state index < -0.39 is 12.5 Å². The fourth-order valence-corrected chi connectivity index (χ4v) is 3.99. The van der Waals surface area contributed by atoms with Gasteiger partial charge < -0.3 is 19.5 Å². The number of imidazole rings is 1. The number of nitrogens with one attached hydrogen (secondary N) is 1. The molecule has 0 aliphatic heterocycles. The van der Waals surface area contributed by atoms with E-state index in [1.165, 1.54) is 13.1 Å². The van der Waals surface area contributed by atoms with Gasteiger partial charge in [-0.1, -0.05) is 0 Å². The maximum absolute atomic E-state index is 14.9. The normalized spacial score (nSPS) is 22.0. The highest BCUT2D eigenvalue weighted by Gasteiger charge is 2.29. The van der Waals surface area contributed by atoms with Crippen LogP contribution in [0, 0.1) is 5.82 Å². The number of hydrogen-bond acceptors (Lipinski definition) is 6. The number of fused-ring (bicyclic) bond motifs is 1. The zero-order valence-electron chi connectivity index (χ0n) is 18.5. The summed E-state index contributed by atoms with van der Waals surface area (Å²) in [5.74, 6) is -0.694. The van der Waals surface area contributed by atoms with Crippen LogP contribution in [-0.2, 0) is 16.6 Å². The van der Waals surface area contributed by atoms with Crippen LogP contribution in [0.1, 0.15) is 51.9 Å². The molecule has 2 aliphatic rings. The van der Waals surface area contributed by atoms with Crippen molar-refractivity contribution in [1.82, 2.24) is 19.9 Å². The second kappa shape index (κ2) is 9.97. The monoisotopic (exact) mass is 452 g/mol. The third-order valence-electron chi connectivity index (χ3n) is 5.87. The Morgan fingerprint density at radius 2 is 1.84 bits per heavy atom. The van der Waals surface area contributed by atoms with Crippen LogP contribution in [0.25, 0.3) is 11.0 Å². The first kappa shape index (κ1) is 22.7. The van der Waals surface area contributed by atoms with Gasteiger partial charge in [0.2, 0.25) is 11.7 Å². The number of alkyl halides is 1. The molecule has 32 heavy (non-hydrogen) atoms. The number of carbonyl (C=O) groups excluding carboxylic acids is 1. The molecule has 176 valence electrons. The molecule has 2 fully saturated rings. The molecule has 1 N–H and O–H groups in total. The summed E-state index contributed by atoms with van der Waals surface area (Å²) in [4.78, 5) is 19.7. The summed E-state index contributed by atoms with van der Waals surface area (Å²) in [7, 11) is 1.72. The number of nitrogens with zero attached hydrogens (tertiary/aromatic N) is 3. The number of hydrogen-bond donors (Lipinski definition) is 1. The number of pyridine rings is 1. The van der Waals surface area contributed by atoms with Crippen LogP contribution in [0.4, 0.5) is 8.78 Å². The smallest absolute Gasteiger partial charge is 0.297 e. The van der Waals surface area contributed by atoms with Gasteiger partial charge in [0.25, 0.3) is 11.9 Å². The summed E-state index contributed by atoms with van der Waals surface area (Å²) in [6.45, 7) is 1.21. The number of aryl methyl sites for hydroxylation is 1. The summed E-state index contributed by atoms with van der Waals surface area (Å²) >= 11 is 0. The maximum atomic E-state index is 14.9. The highest BCUT2D eigenvalue weighted by Crippen LogP contribution is 2.32. The second-order valence-corrected chi connectivity index (χ2v) is 8.61. The zero-order valence-corrected chi connectivity index (χ0v) is 18.5. The Morgan fingerprint density at radius 3 is 2.50 bits per heavy atom. The lowest BCUT2D eigenvalue weighted by molar-refractivity contribution is -0.120. The zero-order chi connectivity index (χ0) is 22.7. The van der Waals surface area contributed by atoms with Crippen molar-refractivity contribution in [2.75, 3.05) is 13.3 Å². The van der Waals surface area contributed by atoms with Crippen molar-refractivity contribution in [3.8, 4) is 11.9 Å². The topological polar surface area (TPSA) is 87.5 Å². The lowest BCUT2D eigenvalue weighted by Crippen LogP contribution is -2.39. The number of amides is 1. The molecule has 0 spiro atoms. The molecule has 2 aromatic heterocycles. The van der Waals surface area contributed by atoms with Gasteiger partial charge in [-0.3, -0.25) is 13.8 Å². The molecule has 1 amide bonds. The van der Waals surface area contributed by atoms with E-state index in [4.69, 9.17) is 14.2 Å². The van der Waals surface area contributed by atoms with Crippen LogP contribution in [0.2, 0.25) is 0 Å². The van der Waals surface area contributed by atoms with E-state index in [9.17, 15) is 13.6 Å². The third-order valence-corrected chi connectivity index (χ3v) is 5.87. The van der Waals surface area contributed by atoms with Crippen molar-refractivity contribution in [1.29, 1.82) is 0 Å². The van der Waals surface area contributed by atoms with E-state index in [-0.39, 0.29) is 42.6 Å². The van der Waals surface area contributed by atoms with Gasteiger partial charge in [0.1, 0.15) is 23.2 Å². The average molecular weight is 453 g/mol. The Balaban J connectivity index is 1.31. The van der Waals surface area contributed by atoms with Gasteiger partial charge in [-0.05, 0) is 44.9 Å². The molecule has 8 nitrogen and oxygen atoms in total. The summed E-state index contributed by atoms with van der Waals surface area (Å²) in [6, 6.07) is 0.0334. The van der Waals surface area contributed by atoms with E-state index in [1.54, 1.807) is 11.6 Å². The molecule has 4 rings (SSSR count). The summed E-state index contributed by atoms with van der Waals surface area (Å²) in [5, 5.41) is 2.72. The van der Waals surface area contributed by atoms with Crippen molar-refractivity contribution in [3.05, 3.63) is 12.0 Å². The Morgan fingerprint density at radius 1 is 1.19 bits per heavy atom. The Bertz CT molecular complexity index is 942. The SMILES string of the molecule is CC(=O)N[C@@H](CCF)CO[C@H]1CC[C@H](Oc2nc3cnc(OC4CC4)c(F)c3n2C)CC1. The number of rotatable bonds is 10. The summed E-state index contributed by atoms with van der Waals surface area (Å²) < 4.78 is 46.7. The van der Waals surface area contributed by atoms with Gasteiger partial charge in [0.15, 0.2) is 0 Å². The van der Waals surface area contributed by atoms with E-state index in [2.05, 4.69) is 15.3 Å². The molecule has 0 radical (unpaired) electrons. The quantitative estimate of drug-likeness (QED) is 0.596. The van der Waals surface area contributed by atoms with Crippen LogP contribution in [0.3, 0.4) is 0 Å². The van der Waals surface area contributed by atoms with E-state index in [1.807, 2.05) is 0 Å². The van der Waals surface area contributed by atoms with Gasteiger partial charge in [-0.2, -0.15) is 9.37 Å². The second-order valence-electron chi connectivity index (χ2n) is 8.61. The summed E-state index contributed by atoms with van der Waals surface area (Å²) in [6.07, 6.45) is 6.73. The van der Waals surface area contributed by atoms with Gasteiger partial charge in [-0.15, -0.1) is 0 Å². The minimum atomic E-state index is -0.515. The van der Waals surface area contributed by atoms with Crippen LogP contribution in [0.5, 0.6) is 11.9 Å². The molecule has 2 heterocycles. The summed E-state index contributed by atoms with van der Waals surface area (Å²) in [5.41, 5.74) is 0.747. The molecule has 0 saturated heterocycles. The molecule has 2 saturated carbocycles. The fraction of sp³-hybridized carbons (Fsp3) is 0.682. The maximum Gasteiger partial charge on any atom is 0.297 e. The van der Waals surface area contributed by atoms with Crippen LogP contribution in [0.15, 0.2) is 6.20 Å². The average Bonchev–Trinajstić information content (AvgIpc) is 3.52. The minimum absolute atomic E-state index is 0.0116. The number of halogens is 2. The fourth-order valence-electron chi connectivity index (χ4n) is 3.99. The van der Waals surface area contributed by atoms with Gasteiger partial charge in [0.05, 0.1) is 31.6 Å². The molecule has 0 aromatic carbocycles. The molecule has 1 atom stereocenters. The predicted molar refractivity (Wildman–Crippen MR) is 113 cm³/mol. The molecule has 10 heteroatoms. The first-order valence-corrected chi connectivity index (χ1v) is 11.2. The number of ether oxygens (including phenoxy) is 3. The van der Waals surface area contributed by atoms with E-state index >= 15 is 0 Å². The highest BCUT2D eigenvalue weighted by molar-refractivity contribution is 5.77. The molecule has 0 bridgehead atoms. The molecular weight excluding hydrogens is 422 g/mol. The molecular formula is C22H30F2N4O4. The first-order chi connectivity index (χ1) is 15.4. The van der Waals surface area contributed by atoms with Gasteiger partial charge >= 0.3 is 0 Å². The van der Waals surface area contributed by atoms with E-state index in [0.29, 0.717) is 23.7 Å².